The maximum atomic E-state index is 2.50. The number of nitrogens with zero attached hydrogens (tertiary/aromatic N) is 2. The number of hydrogen-bond donors (Lipinski definition) is 0. The Balaban J connectivity index is 1.19. The highest BCUT2D eigenvalue weighted by atomic mass is 15.2. The van der Waals surface area contributed by atoms with Crippen LogP contribution in [-0.2, 0) is 5.41 Å². The van der Waals surface area contributed by atoms with Gasteiger partial charge in [0.15, 0.2) is 0 Å². The van der Waals surface area contributed by atoms with Crippen LogP contribution >= 0.6 is 0 Å². The smallest absolute Gasteiger partial charge is 0.0727 e. The second kappa shape index (κ2) is 14.1. The quantitative estimate of drug-likeness (QED) is 0.159. The van der Waals surface area contributed by atoms with Gasteiger partial charge >= 0.3 is 0 Å². The molecule has 0 bridgehead atoms. The molecule has 2 nitrogen and oxygen atoms in total. The lowest BCUT2D eigenvalue weighted by molar-refractivity contribution is 0.795. The number of rotatable bonds is 7. The predicted molar refractivity (Wildman–Crippen MR) is 255 cm³/mol. The molecule has 0 N–H and O–H groups in total. The van der Waals surface area contributed by atoms with Crippen molar-refractivity contribution in [2.75, 3.05) is 9.80 Å². The van der Waals surface area contributed by atoms with E-state index in [2.05, 4.69) is 252 Å². The van der Waals surface area contributed by atoms with Crippen LogP contribution < -0.4 is 9.80 Å². The molecule has 0 fully saturated rings. The summed E-state index contributed by atoms with van der Waals surface area (Å²) in [6.45, 7) is 0. The molecule has 0 aliphatic heterocycles. The second-order valence-electron chi connectivity index (χ2n) is 16.0. The molecule has 2 aliphatic rings. The Hall–Kier alpha value is -7.94. The molecule has 1 atom stereocenters. The zero-order valence-corrected chi connectivity index (χ0v) is 33.5. The SMILES string of the molecule is c1ccc(-c2ccccc2N(c2ccccc2)c2ccc3c(c2)C2(c4ccccc4-3)c3ccccc3-c3c2cc2ccccc2c3N(c2ccccc2)c2ccccc2)cc1. The maximum absolute atomic E-state index is 2.50. The molecule has 10 aromatic rings. The van der Waals surface area contributed by atoms with E-state index in [4.69, 9.17) is 0 Å². The summed E-state index contributed by atoms with van der Waals surface area (Å²) in [5, 5.41) is 2.43. The van der Waals surface area contributed by atoms with Gasteiger partial charge in [-0.1, -0.05) is 182 Å². The average Bonchev–Trinajstić information content (AvgIpc) is 3.80. The first-order chi connectivity index (χ1) is 30.3. The fourth-order valence-electron chi connectivity index (χ4n) is 10.4. The Labute approximate surface area is 356 Å². The van der Waals surface area contributed by atoms with Gasteiger partial charge in [-0.25, -0.2) is 0 Å². The van der Waals surface area contributed by atoms with Gasteiger partial charge in [-0.2, -0.15) is 0 Å². The highest BCUT2D eigenvalue weighted by Gasteiger charge is 2.53. The van der Waals surface area contributed by atoms with Crippen molar-refractivity contribution in [1.29, 1.82) is 0 Å². The van der Waals surface area contributed by atoms with E-state index in [1.807, 2.05) is 0 Å². The first-order valence-corrected chi connectivity index (χ1v) is 21.1. The summed E-state index contributed by atoms with van der Waals surface area (Å²) < 4.78 is 0. The summed E-state index contributed by atoms with van der Waals surface area (Å²) in [7, 11) is 0. The molecular formula is C59H40N2. The molecular weight excluding hydrogens is 737 g/mol. The number of anilines is 6. The first-order valence-electron chi connectivity index (χ1n) is 21.1. The summed E-state index contributed by atoms with van der Waals surface area (Å²) in [4.78, 5) is 4.92. The molecule has 2 aliphatic carbocycles. The lowest BCUT2D eigenvalue weighted by atomic mass is 9.70. The van der Waals surface area contributed by atoms with Crippen molar-refractivity contribution in [3.05, 3.63) is 265 Å². The van der Waals surface area contributed by atoms with E-state index in [1.165, 1.54) is 72.1 Å². The molecule has 0 heterocycles. The van der Waals surface area contributed by atoms with Crippen molar-refractivity contribution >= 4 is 44.9 Å². The minimum Gasteiger partial charge on any atom is -0.310 e. The zero-order chi connectivity index (χ0) is 40.3. The van der Waals surface area contributed by atoms with Crippen molar-refractivity contribution in [1.82, 2.24) is 0 Å². The minimum absolute atomic E-state index is 0.590. The van der Waals surface area contributed by atoms with E-state index in [-0.39, 0.29) is 0 Å². The molecule has 61 heavy (non-hydrogen) atoms. The highest BCUT2D eigenvalue weighted by molar-refractivity contribution is 6.12. The van der Waals surface area contributed by atoms with Gasteiger partial charge in [0.2, 0.25) is 0 Å². The van der Waals surface area contributed by atoms with Gasteiger partial charge in [-0.15, -0.1) is 0 Å². The number of hydrogen-bond acceptors (Lipinski definition) is 2. The van der Waals surface area contributed by atoms with Crippen LogP contribution in [-0.4, -0.2) is 0 Å². The molecule has 0 aromatic heterocycles. The lowest BCUT2D eigenvalue weighted by Gasteiger charge is -2.34. The van der Waals surface area contributed by atoms with Crippen molar-refractivity contribution in [3.8, 4) is 33.4 Å². The third kappa shape index (κ3) is 5.29. The van der Waals surface area contributed by atoms with Crippen molar-refractivity contribution in [3.63, 3.8) is 0 Å². The van der Waals surface area contributed by atoms with E-state index in [0.717, 1.165) is 28.4 Å². The van der Waals surface area contributed by atoms with Gasteiger partial charge in [-0.05, 0) is 111 Å². The van der Waals surface area contributed by atoms with Gasteiger partial charge in [0.05, 0.1) is 16.8 Å². The Kier molecular flexibility index (Phi) is 8.11. The molecule has 12 rings (SSSR count). The van der Waals surface area contributed by atoms with Gasteiger partial charge in [0, 0.05) is 39.3 Å². The fourth-order valence-corrected chi connectivity index (χ4v) is 10.4. The summed E-state index contributed by atoms with van der Waals surface area (Å²) >= 11 is 0. The summed E-state index contributed by atoms with van der Waals surface area (Å²) in [6, 6.07) is 89.0. The van der Waals surface area contributed by atoms with E-state index >= 15 is 0 Å². The Morgan fingerprint density at radius 3 is 1.46 bits per heavy atom. The number of fused-ring (bicyclic) bond motifs is 11. The first kappa shape index (κ1) is 35.0. The Morgan fingerprint density at radius 2 is 0.787 bits per heavy atom. The molecule has 0 saturated carbocycles. The molecule has 0 amide bonds. The monoisotopic (exact) mass is 776 g/mol. The van der Waals surface area contributed by atoms with Crippen LogP contribution in [0.15, 0.2) is 243 Å². The molecule has 2 heteroatoms. The number of benzene rings is 10. The summed E-state index contributed by atoms with van der Waals surface area (Å²) in [6.07, 6.45) is 0. The van der Waals surface area contributed by atoms with E-state index in [1.54, 1.807) is 0 Å². The second-order valence-corrected chi connectivity index (χ2v) is 16.0. The number of para-hydroxylation sites is 4. The average molecular weight is 777 g/mol. The molecule has 1 unspecified atom stereocenters. The fraction of sp³-hybridized carbons (Fsp3) is 0.0169. The Bertz CT molecular complexity index is 3210. The molecule has 10 aromatic carbocycles. The molecule has 0 saturated heterocycles. The van der Waals surface area contributed by atoms with Crippen LogP contribution in [0.4, 0.5) is 34.1 Å². The van der Waals surface area contributed by atoms with Crippen LogP contribution in [0.25, 0.3) is 44.2 Å². The Morgan fingerprint density at radius 1 is 0.295 bits per heavy atom. The standard InChI is InChI=1S/C59H40N2/c1-5-21-41(22-6-1)47-30-17-20-36-56(47)60(43-24-7-2-8-25-43)46-37-38-50-49-32-15-18-34-52(49)59(54(50)40-46)53-35-19-16-33-51(53)57-55(59)39-42-23-13-14-31-48(42)58(57)61(44-26-9-3-10-27-44)45-28-11-4-12-29-45/h1-40H. The van der Waals surface area contributed by atoms with Crippen LogP contribution in [0.5, 0.6) is 0 Å². The largest absolute Gasteiger partial charge is 0.310 e. The minimum atomic E-state index is -0.590. The van der Waals surface area contributed by atoms with Crippen LogP contribution in [0.3, 0.4) is 0 Å². The highest BCUT2D eigenvalue weighted by Crippen LogP contribution is 2.66. The molecule has 286 valence electrons. The van der Waals surface area contributed by atoms with E-state index in [0.29, 0.717) is 0 Å². The van der Waals surface area contributed by atoms with Gasteiger partial charge < -0.3 is 9.80 Å². The third-order valence-electron chi connectivity index (χ3n) is 12.8. The zero-order valence-electron chi connectivity index (χ0n) is 33.5. The topological polar surface area (TPSA) is 6.48 Å². The van der Waals surface area contributed by atoms with Crippen molar-refractivity contribution in [2.45, 2.75) is 5.41 Å². The summed E-state index contributed by atoms with van der Waals surface area (Å²) in [5.74, 6) is 0. The maximum Gasteiger partial charge on any atom is 0.0727 e. The lowest BCUT2D eigenvalue weighted by Crippen LogP contribution is -2.26. The summed E-state index contributed by atoms with van der Waals surface area (Å²) in [5.41, 5.74) is 18.9. The van der Waals surface area contributed by atoms with E-state index in [9.17, 15) is 0 Å². The van der Waals surface area contributed by atoms with Gasteiger partial charge in [0.1, 0.15) is 0 Å². The van der Waals surface area contributed by atoms with Crippen LogP contribution in [0.1, 0.15) is 22.3 Å². The van der Waals surface area contributed by atoms with Crippen LogP contribution in [0, 0.1) is 0 Å². The normalized spacial score (nSPS) is 14.3. The van der Waals surface area contributed by atoms with E-state index < -0.39 is 5.41 Å². The predicted octanol–water partition coefficient (Wildman–Crippen LogP) is 15.8. The molecule has 0 radical (unpaired) electrons. The van der Waals surface area contributed by atoms with Gasteiger partial charge in [-0.3, -0.25) is 0 Å². The van der Waals surface area contributed by atoms with Crippen molar-refractivity contribution < 1.29 is 0 Å². The van der Waals surface area contributed by atoms with Gasteiger partial charge in [0.25, 0.3) is 0 Å². The van der Waals surface area contributed by atoms with Crippen LogP contribution in [0.2, 0.25) is 0 Å². The van der Waals surface area contributed by atoms with Crippen molar-refractivity contribution in [2.24, 2.45) is 0 Å². The third-order valence-corrected chi connectivity index (χ3v) is 12.8. The molecule has 1 spiro atoms.